The molecule has 0 atom stereocenters. The fourth-order valence-electron chi connectivity index (χ4n) is 1.57. The van der Waals surface area contributed by atoms with Crippen LogP contribution in [0.4, 0.5) is 43.9 Å². The Morgan fingerprint density at radius 1 is 0.360 bits per heavy atom. The van der Waals surface area contributed by atoms with Gasteiger partial charge in [0, 0.05) is 0 Å². The van der Waals surface area contributed by atoms with E-state index < -0.39 is 76.5 Å². The highest BCUT2D eigenvalue weighted by Crippen LogP contribution is 2.31. The van der Waals surface area contributed by atoms with Gasteiger partial charge in [0.05, 0.1) is 0 Å². The Kier molecular flexibility index (Phi) is 4.99. The number of benzene rings is 2. The summed E-state index contributed by atoms with van der Waals surface area (Å²) in [7, 11) is 0. The molecular weight excluding hydrogens is 378 g/mol. The maximum absolute atomic E-state index is 13.2. The summed E-state index contributed by atoms with van der Waals surface area (Å²) in [5.74, 6) is -28.0. The molecule has 25 heavy (non-hydrogen) atoms. The van der Waals surface area contributed by atoms with Gasteiger partial charge < -0.3 is 9.47 Å². The molecule has 2 aromatic carbocycles. The van der Waals surface area contributed by atoms with Crippen molar-refractivity contribution in [2.75, 3.05) is 6.79 Å². The minimum atomic E-state index is -2.50. The van der Waals surface area contributed by atoms with Gasteiger partial charge in [-0.2, -0.15) is 17.6 Å². The number of hydrogen-bond donors (Lipinski definition) is 0. The van der Waals surface area contributed by atoms with Crippen molar-refractivity contribution in [3.05, 3.63) is 58.2 Å². The van der Waals surface area contributed by atoms with Crippen molar-refractivity contribution in [2.24, 2.45) is 0 Å². The Bertz CT molecular complexity index is 724. The van der Waals surface area contributed by atoms with E-state index in [0.29, 0.717) is 0 Å². The van der Waals surface area contributed by atoms with Gasteiger partial charge in [0.25, 0.3) is 0 Å². The molecule has 0 aliphatic rings. The van der Waals surface area contributed by atoms with Gasteiger partial charge in [-0.15, -0.1) is 0 Å². The lowest BCUT2D eigenvalue weighted by Gasteiger charge is -2.13. The summed E-state index contributed by atoms with van der Waals surface area (Å²) in [4.78, 5) is 0. The first-order valence-electron chi connectivity index (χ1n) is 5.88. The second-order valence-corrected chi connectivity index (χ2v) is 4.20. The molecule has 0 bridgehead atoms. The summed E-state index contributed by atoms with van der Waals surface area (Å²) in [5, 5.41) is 0. The molecule has 0 aliphatic carbocycles. The minimum absolute atomic E-state index is 1.64. The maximum Gasteiger partial charge on any atom is 0.231 e. The van der Waals surface area contributed by atoms with Crippen molar-refractivity contribution in [2.45, 2.75) is 0 Å². The van der Waals surface area contributed by atoms with E-state index in [1.165, 1.54) is 0 Å². The number of hydrogen-bond acceptors (Lipinski definition) is 2. The number of halogens is 10. The van der Waals surface area contributed by atoms with Crippen LogP contribution in [0, 0.1) is 58.2 Å². The van der Waals surface area contributed by atoms with Gasteiger partial charge in [-0.3, -0.25) is 0 Å². The molecule has 0 N–H and O–H groups in total. The van der Waals surface area contributed by atoms with E-state index in [4.69, 9.17) is 0 Å². The topological polar surface area (TPSA) is 18.5 Å². The number of rotatable bonds is 4. The van der Waals surface area contributed by atoms with Crippen molar-refractivity contribution in [1.29, 1.82) is 0 Å². The lowest BCUT2D eigenvalue weighted by atomic mass is 10.2. The molecule has 0 radical (unpaired) electrons. The predicted molar refractivity (Wildman–Crippen MR) is 58.6 cm³/mol. The van der Waals surface area contributed by atoms with E-state index in [1.807, 2.05) is 0 Å². The minimum Gasteiger partial charge on any atom is -0.451 e. The Balaban J connectivity index is 2.29. The average molecular weight is 380 g/mol. The predicted octanol–water partition coefficient (Wildman–Crippen LogP) is 4.49. The summed E-state index contributed by atoms with van der Waals surface area (Å²) in [6, 6.07) is 0. The highest BCUT2D eigenvalue weighted by Gasteiger charge is 2.29. The molecule has 0 saturated heterocycles. The first kappa shape index (κ1) is 18.7. The normalized spacial score (nSPS) is 11.0. The van der Waals surface area contributed by atoms with Crippen molar-refractivity contribution in [3.63, 3.8) is 0 Å². The molecule has 0 saturated carbocycles. The quantitative estimate of drug-likeness (QED) is 0.337. The molecular formula is C13H2F10O2. The molecule has 0 amide bonds. The Morgan fingerprint density at radius 3 is 0.800 bits per heavy atom. The Labute approximate surface area is 131 Å². The third kappa shape index (κ3) is 3.03. The van der Waals surface area contributed by atoms with Crippen LogP contribution in [0.1, 0.15) is 0 Å². The summed E-state index contributed by atoms with van der Waals surface area (Å²) in [6.07, 6.45) is 0. The van der Waals surface area contributed by atoms with E-state index in [-0.39, 0.29) is 0 Å². The molecule has 136 valence electrons. The van der Waals surface area contributed by atoms with Crippen molar-refractivity contribution < 1.29 is 53.4 Å². The smallest absolute Gasteiger partial charge is 0.231 e. The van der Waals surface area contributed by atoms with Crippen molar-refractivity contribution >= 4 is 0 Å². The summed E-state index contributed by atoms with van der Waals surface area (Å²) in [5.41, 5.74) is 0. The van der Waals surface area contributed by atoms with Crippen molar-refractivity contribution in [3.8, 4) is 11.5 Å². The van der Waals surface area contributed by atoms with E-state index in [2.05, 4.69) is 9.47 Å². The van der Waals surface area contributed by atoms with Crippen LogP contribution in [0.3, 0.4) is 0 Å². The SMILES string of the molecule is Fc1c(F)c(F)c(OCOc2c(F)c(F)c(F)c(F)c2F)c(F)c1F. The molecule has 0 fully saturated rings. The van der Waals surface area contributed by atoms with Gasteiger partial charge in [-0.25, -0.2) is 26.3 Å². The Morgan fingerprint density at radius 2 is 0.560 bits per heavy atom. The van der Waals surface area contributed by atoms with E-state index in [9.17, 15) is 43.9 Å². The van der Waals surface area contributed by atoms with E-state index >= 15 is 0 Å². The third-order valence-corrected chi connectivity index (χ3v) is 2.75. The zero-order valence-corrected chi connectivity index (χ0v) is 11.3. The molecule has 2 rings (SSSR count). The van der Waals surface area contributed by atoms with Gasteiger partial charge in [0.15, 0.2) is 0 Å². The van der Waals surface area contributed by atoms with Crippen LogP contribution in [0.2, 0.25) is 0 Å². The van der Waals surface area contributed by atoms with Crippen LogP contribution in [-0.2, 0) is 0 Å². The van der Waals surface area contributed by atoms with Crippen LogP contribution in [0.15, 0.2) is 0 Å². The van der Waals surface area contributed by atoms with Crippen LogP contribution in [0.25, 0.3) is 0 Å². The second kappa shape index (κ2) is 6.69. The fourth-order valence-corrected chi connectivity index (χ4v) is 1.57. The molecule has 0 heterocycles. The van der Waals surface area contributed by atoms with Gasteiger partial charge >= 0.3 is 0 Å². The van der Waals surface area contributed by atoms with E-state index in [1.54, 1.807) is 0 Å². The molecule has 12 heteroatoms. The van der Waals surface area contributed by atoms with Gasteiger partial charge in [-0.1, -0.05) is 0 Å². The average Bonchev–Trinajstić information content (AvgIpc) is 2.60. The largest absolute Gasteiger partial charge is 0.451 e. The molecule has 0 unspecified atom stereocenters. The van der Waals surface area contributed by atoms with Crippen LogP contribution in [-0.4, -0.2) is 6.79 Å². The van der Waals surface area contributed by atoms with E-state index in [0.717, 1.165) is 0 Å². The standard InChI is InChI=1S/C13H2F10O2/c14-2-4(16)8(20)12(9(21)5(2)17)24-1-25-13-10(22)6(18)3(15)7(19)11(13)23/h1H2. The van der Waals surface area contributed by atoms with Crippen LogP contribution >= 0.6 is 0 Å². The fraction of sp³-hybridized carbons (Fsp3) is 0.0769. The monoisotopic (exact) mass is 380 g/mol. The molecule has 0 spiro atoms. The lowest BCUT2D eigenvalue weighted by Crippen LogP contribution is -2.14. The summed E-state index contributed by atoms with van der Waals surface area (Å²) in [6.45, 7) is -1.64. The maximum atomic E-state index is 13.2. The molecule has 2 aromatic rings. The van der Waals surface area contributed by atoms with Crippen LogP contribution < -0.4 is 9.47 Å². The molecule has 0 aliphatic heterocycles. The lowest BCUT2D eigenvalue weighted by molar-refractivity contribution is 0.0963. The Hall–Kier alpha value is -2.66. The zero-order chi connectivity index (χ0) is 19.0. The van der Waals surface area contributed by atoms with Crippen LogP contribution in [0.5, 0.6) is 11.5 Å². The first-order chi connectivity index (χ1) is 11.6. The number of ether oxygens (including phenoxy) is 2. The molecule has 2 nitrogen and oxygen atoms in total. The van der Waals surface area contributed by atoms with Gasteiger partial charge in [0.2, 0.25) is 76.5 Å². The zero-order valence-electron chi connectivity index (χ0n) is 11.3. The van der Waals surface area contributed by atoms with Gasteiger partial charge in [-0.05, 0) is 0 Å². The molecule has 0 aromatic heterocycles. The van der Waals surface area contributed by atoms with Gasteiger partial charge in [0.1, 0.15) is 0 Å². The summed E-state index contributed by atoms with van der Waals surface area (Å²) >= 11 is 0. The first-order valence-corrected chi connectivity index (χ1v) is 5.88. The van der Waals surface area contributed by atoms with Crippen molar-refractivity contribution in [1.82, 2.24) is 0 Å². The summed E-state index contributed by atoms with van der Waals surface area (Å²) < 4.78 is 138. The third-order valence-electron chi connectivity index (χ3n) is 2.75. The highest BCUT2D eigenvalue weighted by molar-refractivity contribution is 5.31. The second-order valence-electron chi connectivity index (χ2n) is 4.20. The highest BCUT2D eigenvalue weighted by atomic mass is 19.2.